The Kier molecular flexibility index (Phi) is 5.18. The highest BCUT2D eigenvalue weighted by molar-refractivity contribution is 7.89. The van der Waals surface area contributed by atoms with Crippen molar-refractivity contribution in [2.45, 2.75) is 11.8 Å². The highest BCUT2D eigenvalue weighted by Crippen LogP contribution is 2.16. The first-order valence-corrected chi connectivity index (χ1v) is 8.35. The van der Waals surface area contributed by atoms with Crippen LogP contribution in [-0.4, -0.2) is 21.5 Å². The molecule has 2 aromatic carbocycles. The highest BCUT2D eigenvalue weighted by atomic mass is 32.2. The zero-order valence-electron chi connectivity index (χ0n) is 12.8. The van der Waals surface area contributed by atoms with E-state index in [2.05, 4.69) is 4.72 Å². The van der Waals surface area contributed by atoms with Crippen LogP contribution in [0.25, 0.3) is 5.57 Å². The van der Waals surface area contributed by atoms with Gasteiger partial charge in [-0.1, -0.05) is 48.0 Å². The molecule has 0 heterocycles. The Hall–Kier alpha value is -2.60. The van der Waals surface area contributed by atoms with Gasteiger partial charge in [0.25, 0.3) is 10.0 Å². The second-order valence-corrected chi connectivity index (χ2v) is 6.56. The van der Waals surface area contributed by atoms with Crippen molar-refractivity contribution in [3.63, 3.8) is 0 Å². The summed E-state index contributed by atoms with van der Waals surface area (Å²) in [5.41, 5.74) is 1.65. The molecule has 2 aromatic rings. The lowest BCUT2D eigenvalue weighted by molar-refractivity contribution is -0.133. The first-order chi connectivity index (χ1) is 10.9. The molecule has 0 aliphatic rings. The summed E-state index contributed by atoms with van der Waals surface area (Å²) in [5, 5.41) is 0. The molecule has 0 saturated carbocycles. The van der Waals surface area contributed by atoms with Crippen molar-refractivity contribution in [2.75, 3.05) is 7.11 Å². The standard InChI is InChI=1S/C17H17NO4S/c1-13-8-10-15(11-9-13)23(20,21)18-12-16(17(19)22-2)14-6-4-3-5-7-14/h3-12,18H,1-2H3. The molecule has 0 amide bonds. The quantitative estimate of drug-likeness (QED) is 0.675. The number of ether oxygens (including phenoxy) is 1. The van der Waals surface area contributed by atoms with Crippen LogP contribution in [0.3, 0.4) is 0 Å². The minimum absolute atomic E-state index is 0.122. The molecule has 0 radical (unpaired) electrons. The van der Waals surface area contributed by atoms with E-state index in [0.717, 1.165) is 11.8 Å². The molecule has 0 aromatic heterocycles. The normalized spacial score (nSPS) is 11.8. The first kappa shape index (κ1) is 16.8. The van der Waals surface area contributed by atoms with Crippen molar-refractivity contribution in [3.8, 4) is 0 Å². The SMILES string of the molecule is COC(=O)C(=CNS(=O)(=O)c1ccc(C)cc1)c1ccccc1. The van der Waals surface area contributed by atoms with Gasteiger partial charge in [0.1, 0.15) is 0 Å². The molecule has 0 fully saturated rings. The van der Waals surface area contributed by atoms with Gasteiger partial charge in [-0.3, -0.25) is 4.72 Å². The number of methoxy groups -OCH3 is 1. The number of aryl methyl sites for hydroxylation is 1. The minimum atomic E-state index is -3.76. The number of carbonyl (C=O) groups excluding carboxylic acids is 1. The van der Waals surface area contributed by atoms with Crippen LogP contribution in [0.15, 0.2) is 65.7 Å². The number of hydrogen-bond donors (Lipinski definition) is 1. The van der Waals surface area contributed by atoms with E-state index in [4.69, 9.17) is 4.74 Å². The van der Waals surface area contributed by atoms with E-state index in [-0.39, 0.29) is 10.5 Å². The maximum absolute atomic E-state index is 12.3. The lowest BCUT2D eigenvalue weighted by atomic mass is 10.1. The van der Waals surface area contributed by atoms with Gasteiger partial charge in [-0.2, -0.15) is 0 Å². The Morgan fingerprint density at radius 2 is 1.65 bits per heavy atom. The lowest BCUT2D eigenvalue weighted by Gasteiger charge is -2.08. The Balaban J connectivity index is 2.33. The van der Waals surface area contributed by atoms with Crippen molar-refractivity contribution in [2.24, 2.45) is 0 Å². The van der Waals surface area contributed by atoms with E-state index in [9.17, 15) is 13.2 Å². The van der Waals surface area contributed by atoms with Gasteiger partial charge in [0.2, 0.25) is 0 Å². The average Bonchev–Trinajstić information content (AvgIpc) is 2.56. The number of rotatable bonds is 5. The van der Waals surface area contributed by atoms with Crippen LogP contribution in [0.4, 0.5) is 0 Å². The van der Waals surface area contributed by atoms with Gasteiger partial charge < -0.3 is 4.74 Å². The van der Waals surface area contributed by atoms with Crippen molar-refractivity contribution >= 4 is 21.6 Å². The lowest BCUT2D eigenvalue weighted by Crippen LogP contribution is -2.20. The zero-order chi connectivity index (χ0) is 16.9. The smallest absolute Gasteiger partial charge is 0.339 e. The van der Waals surface area contributed by atoms with Gasteiger partial charge >= 0.3 is 5.97 Å². The number of esters is 1. The second kappa shape index (κ2) is 7.11. The number of sulfonamides is 1. The summed E-state index contributed by atoms with van der Waals surface area (Å²) in [4.78, 5) is 12.0. The van der Waals surface area contributed by atoms with Gasteiger partial charge in [-0.05, 0) is 24.6 Å². The molecule has 23 heavy (non-hydrogen) atoms. The molecule has 1 N–H and O–H groups in total. The maximum atomic E-state index is 12.3. The Labute approximate surface area is 135 Å². The first-order valence-electron chi connectivity index (χ1n) is 6.87. The third-order valence-corrected chi connectivity index (χ3v) is 4.50. The van der Waals surface area contributed by atoms with Gasteiger partial charge in [-0.25, -0.2) is 13.2 Å². The van der Waals surface area contributed by atoms with Crippen LogP contribution >= 0.6 is 0 Å². The van der Waals surface area contributed by atoms with Gasteiger partial charge in [-0.15, -0.1) is 0 Å². The molecule has 0 spiro atoms. The molecule has 5 nitrogen and oxygen atoms in total. The summed E-state index contributed by atoms with van der Waals surface area (Å²) in [6.07, 6.45) is 1.15. The molecule has 0 unspecified atom stereocenters. The van der Waals surface area contributed by atoms with Crippen LogP contribution in [0, 0.1) is 6.92 Å². The molecule has 0 aliphatic carbocycles. The number of carbonyl (C=O) groups is 1. The molecule has 0 bridgehead atoms. The van der Waals surface area contributed by atoms with Gasteiger partial charge in [0, 0.05) is 6.20 Å². The molecule has 0 saturated heterocycles. The van der Waals surface area contributed by atoms with Crippen LogP contribution in [0.5, 0.6) is 0 Å². The summed E-state index contributed by atoms with van der Waals surface area (Å²) in [6.45, 7) is 1.87. The van der Waals surface area contributed by atoms with Gasteiger partial charge in [0.15, 0.2) is 0 Å². The highest BCUT2D eigenvalue weighted by Gasteiger charge is 2.16. The van der Waals surface area contributed by atoms with E-state index in [1.54, 1.807) is 42.5 Å². The Bertz CT molecular complexity index is 809. The van der Waals surface area contributed by atoms with Crippen LogP contribution in [-0.2, 0) is 19.6 Å². The van der Waals surface area contributed by atoms with Crippen LogP contribution in [0.2, 0.25) is 0 Å². The largest absolute Gasteiger partial charge is 0.465 e. The average molecular weight is 331 g/mol. The molecule has 0 atom stereocenters. The van der Waals surface area contributed by atoms with E-state index < -0.39 is 16.0 Å². The van der Waals surface area contributed by atoms with Crippen molar-refractivity contribution < 1.29 is 17.9 Å². The number of benzene rings is 2. The van der Waals surface area contributed by atoms with Crippen molar-refractivity contribution in [1.82, 2.24) is 4.72 Å². The summed E-state index contributed by atoms with van der Waals surface area (Å²) in [6, 6.07) is 15.1. The van der Waals surface area contributed by atoms with E-state index in [0.29, 0.717) is 5.56 Å². The van der Waals surface area contributed by atoms with E-state index in [1.807, 2.05) is 6.92 Å². The predicted octanol–water partition coefficient (Wildman–Crippen LogP) is 2.49. The Morgan fingerprint density at radius 1 is 1.04 bits per heavy atom. The number of nitrogens with one attached hydrogen (secondary N) is 1. The summed E-state index contributed by atoms with van der Waals surface area (Å²) in [5.74, 6) is -0.622. The minimum Gasteiger partial charge on any atom is -0.465 e. The van der Waals surface area contributed by atoms with Crippen LogP contribution in [0.1, 0.15) is 11.1 Å². The molecular formula is C17H17NO4S. The van der Waals surface area contributed by atoms with Crippen molar-refractivity contribution in [3.05, 3.63) is 71.9 Å². The third kappa shape index (κ3) is 4.20. The molecule has 120 valence electrons. The maximum Gasteiger partial charge on any atom is 0.339 e. The van der Waals surface area contributed by atoms with E-state index >= 15 is 0 Å². The number of hydrogen-bond acceptors (Lipinski definition) is 4. The predicted molar refractivity (Wildman–Crippen MR) is 87.9 cm³/mol. The fourth-order valence-corrected chi connectivity index (χ4v) is 2.81. The summed E-state index contributed by atoms with van der Waals surface area (Å²) < 4.78 is 31.6. The second-order valence-electron chi connectivity index (χ2n) is 4.85. The monoisotopic (exact) mass is 331 g/mol. The zero-order valence-corrected chi connectivity index (χ0v) is 13.6. The van der Waals surface area contributed by atoms with Gasteiger partial charge in [0.05, 0.1) is 17.6 Å². The van der Waals surface area contributed by atoms with Crippen molar-refractivity contribution in [1.29, 1.82) is 0 Å². The van der Waals surface area contributed by atoms with Crippen LogP contribution < -0.4 is 4.72 Å². The fourth-order valence-electron chi connectivity index (χ4n) is 1.91. The molecule has 2 rings (SSSR count). The molecular weight excluding hydrogens is 314 g/mol. The topological polar surface area (TPSA) is 72.5 Å². The summed E-state index contributed by atoms with van der Waals surface area (Å²) in [7, 11) is -2.51. The fraction of sp³-hybridized carbons (Fsp3) is 0.118. The third-order valence-electron chi connectivity index (χ3n) is 3.18. The summed E-state index contributed by atoms with van der Waals surface area (Å²) >= 11 is 0. The Morgan fingerprint density at radius 3 is 2.22 bits per heavy atom. The molecule has 0 aliphatic heterocycles. The van der Waals surface area contributed by atoms with E-state index in [1.165, 1.54) is 19.2 Å². The molecule has 6 heteroatoms.